The van der Waals surface area contributed by atoms with E-state index < -0.39 is 17.8 Å². The first-order chi connectivity index (χ1) is 9.00. The van der Waals surface area contributed by atoms with E-state index in [1.807, 2.05) is 0 Å². The van der Waals surface area contributed by atoms with Crippen molar-refractivity contribution in [3.63, 3.8) is 0 Å². The first-order valence-electron chi connectivity index (χ1n) is 6.13. The lowest BCUT2D eigenvalue weighted by atomic mass is 10.1. The van der Waals surface area contributed by atoms with E-state index >= 15 is 0 Å². The van der Waals surface area contributed by atoms with Crippen molar-refractivity contribution in [1.29, 1.82) is 5.26 Å². The topological polar surface area (TPSA) is 60.2 Å². The summed E-state index contributed by atoms with van der Waals surface area (Å²) >= 11 is 0. The van der Waals surface area contributed by atoms with Crippen LogP contribution in [0.5, 0.6) is 0 Å². The van der Waals surface area contributed by atoms with Gasteiger partial charge in [0.05, 0.1) is 24.0 Å². The lowest BCUT2D eigenvalue weighted by Gasteiger charge is -2.23. The number of hydrogen-bond acceptors (Lipinski definition) is 4. The summed E-state index contributed by atoms with van der Waals surface area (Å²) in [4.78, 5) is 5.91. The van der Waals surface area contributed by atoms with Crippen molar-refractivity contribution in [2.75, 3.05) is 18.0 Å². The second-order valence-corrected chi connectivity index (χ2v) is 5.17. The van der Waals surface area contributed by atoms with E-state index in [-0.39, 0.29) is 19.7 Å². The molecular weight excluding hydrogens is 252 g/mol. The van der Waals surface area contributed by atoms with Crippen molar-refractivity contribution in [1.82, 2.24) is 4.98 Å². The van der Waals surface area contributed by atoms with Crippen LogP contribution in [0, 0.1) is 30.1 Å². The molecule has 100 valence electrons. The molecule has 2 unspecified atom stereocenters. The van der Waals surface area contributed by atoms with Crippen LogP contribution in [0.25, 0.3) is 0 Å². The van der Waals surface area contributed by atoms with Crippen LogP contribution in [0.1, 0.15) is 16.7 Å². The molecule has 1 aliphatic heterocycles. The Morgan fingerprint density at radius 1 is 1.53 bits per heavy atom. The Hall–Kier alpha value is -1.74. The van der Waals surface area contributed by atoms with Crippen LogP contribution in [0.15, 0.2) is 6.20 Å². The van der Waals surface area contributed by atoms with E-state index in [4.69, 9.17) is 5.11 Å². The molecule has 1 saturated carbocycles. The van der Waals surface area contributed by atoms with Crippen molar-refractivity contribution >= 4 is 5.82 Å². The van der Waals surface area contributed by atoms with E-state index in [0.29, 0.717) is 22.5 Å². The fourth-order valence-corrected chi connectivity index (χ4v) is 2.84. The largest absolute Gasteiger partial charge is 0.392 e. The van der Waals surface area contributed by atoms with Crippen molar-refractivity contribution in [3.05, 3.63) is 22.9 Å². The molecule has 19 heavy (non-hydrogen) atoms. The Bertz CT molecular complexity index is 568. The maximum atomic E-state index is 13.2. The predicted octanol–water partition coefficient (Wildman–Crippen LogP) is 1.46. The third-order valence-corrected chi connectivity index (χ3v) is 4.20. The summed E-state index contributed by atoms with van der Waals surface area (Å²) in [6, 6.07) is 2.06. The Morgan fingerprint density at radius 3 is 2.68 bits per heavy atom. The van der Waals surface area contributed by atoms with Crippen LogP contribution < -0.4 is 4.90 Å². The molecule has 1 N–H and O–H groups in total. The van der Waals surface area contributed by atoms with Gasteiger partial charge in [-0.1, -0.05) is 0 Å². The lowest BCUT2D eigenvalue weighted by molar-refractivity contribution is 0.0797. The number of nitriles is 1. The fourth-order valence-electron chi connectivity index (χ4n) is 2.84. The number of aromatic nitrogens is 1. The van der Waals surface area contributed by atoms with E-state index in [0.717, 1.165) is 0 Å². The summed E-state index contributed by atoms with van der Waals surface area (Å²) in [5, 5.41) is 18.4. The highest BCUT2D eigenvalue weighted by molar-refractivity contribution is 5.60. The standard InChI is InChI=1S/C13H13F2N3O/c1-7-8(6-19)3-17-12(9(7)2-16)18-4-10-11(5-18)13(10,14)15/h3,10-11,19H,4-6H2,1H3. The van der Waals surface area contributed by atoms with Crippen molar-refractivity contribution in [3.8, 4) is 6.07 Å². The van der Waals surface area contributed by atoms with Gasteiger partial charge in [0.25, 0.3) is 5.92 Å². The van der Waals surface area contributed by atoms with Gasteiger partial charge in [-0.2, -0.15) is 5.26 Å². The number of nitrogens with zero attached hydrogens (tertiary/aromatic N) is 3. The van der Waals surface area contributed by atoms with E-state index in [9.17, 15) is 14.0 Å². The molecular formula is C13H13F2N3O. The minimum absolute atomic E-state index is 0.183. The highest BCUT2D eigenvalue weighted by atomic mass is 19.3. The number of pyridine rings is 1. The quantitative estimate of drug-likeness (QED) is 0.879. The van der Waals surface area contributed by atoms with Crippen LogP contribution >= 0.6 is 0 Å². The van der Waals surface area contributed by atoms with Crippen molar-refractivity contribution in [2.24, 2.45) is 11.8 Å². The van der Waals surface area contributed by atoms with Gasteiger partial charge in [0.15, 0.2) is 0 Å². The summed E-state index contributed by atoms with van der Waals surface area (Å²) in [6.45, 7) is 2.05. The average Bonchev–Trinajstić information content (AvgIpc) is 2.79. The van der Waals surface area contributed by atoms with Gasteiger partial charge < -0.3 is 10.0 Å². The smallest absolute Gasteiger partial charge is 0.258 e. The summed E-state index contributed by atoms with van der Waals surface area (Å²) in [5.74, 6) is -3.28. The molecule has 4 nitrogen and oxygen atoms in total. The van der Waals surface area contributed by atoms with Gasteiger partial charge in [-0.05, 0) is 12.5 Å². The number of alkyl halides is 2. The van der Waals surface area contributed by atoms with Crippen molar-refractivity contribution < 1.29 is 13.9 Å². The van der Waals surface area contributed by atoms with Gasteiger partial charge >= 0.3 is 0 Å². The first-order valence-corrected chi connectivity index (χ1v) is 6.13. The third-order valence-electron chi connectivity index (χ3n) is 4.20. The molecule has 6 heteroatoms. The monoisotopic (exact) mass is 265 g/mol. The Labute approximate surface area is 109 Å². The molecule has 0 radical (unpaired) electrons. The van der Waals surface area contributed by atoms with Crippen LogP contribution in [0.2, 0.25) is 0 Å². The van der Waals surface area contributed by atoms with Crippen LogP contribution in [-0.4, -0.2) is 29.1 Å². The number of aliphatic hydroxyl groups excluding tert-OH is 1. The molecule has 1 saturated heterocycles. The normalized spacial score (nSPS) is 27.0. The van der Waals surface area contributed by atoms with Gasteiger partial charge in [0, 0.05) is 24.8 Å². The third kappa shape index (κ3) is 1.61. The fraction of sp³-hybridized carbons (Fsp3) is 0.538. The average molecular weight is 265 g/mol. The zero-order chi connectivity index (χ0) is 13.8. The molecule has 0 spiro atoms. The second kappa shape index (κ2) is 3.87. The number of halogens is 2. The van der Waals surface area contributed by atoms with Crippen LogP contribution in [0.3, 0.4) is 0 Å². The predicted molar refractivity (Wildman–Crippen MR) is 63.8 cm³/mol. The van der Waals surface area contributed by atoms with E-state index in [1.165, 1.54) is 6.20 Å². The van der Waals surface area contributed by atoms with Gasteiger partial charge in [0.2, 0.25) is 0 Å². The summed E-state index contributed by atoms with van der Waals surface area (Å²) in [5.41, 5.74) is 1.63. The maximum absolute atomic E-state index is 13.2. The molecule has 2 fully saturated rings. The number of fused-ring (bicyclic) bond motifs is 1. The lowest BCUT2D eigenvalue weighted by Crippen LogP contribution is -2.29. The molecule has 0 bridgehead atoms. The molecule has 2 heterocycles. The highest BCUT2D eigenvalue weighted by Gasteiger charge is 2.71. The number of anilines is 1. The Kier molecular flexibility index (Phi) is 2.51. The number of piperidine rings is 1. The van der Waals surface area contributed by atoms with Gasteiger partial charge in [-0.15, -0.1) is 0 Å². The molecule has 1 aromatic heterocycles. The highest BCUT2D eigenvalue weighted by Crippen LogP contribution is 2.59. The van der Waals surface area contributed by atoms with Crippen molar-refractivity contribution in [2.45, 2.75) is 19.5 Å². The zero-order valence-corrected chi connectivity index (χ0v) is 10.4. The van der Waals surface area contributed by atoms with Crippen LogP contribution in [0.4, 0.5) is 14.6 Å². The molecule has 2 atom stereocenters. The van der Waals surface area contributed by atoms with Gasteiger partial charge in [-0.3, -0.25) is 0 Å². The SMILES string of the molecule is Cc1c(CO)cnc(N2CC3C(C2)C3(F)F)c1C#N. The molecule has 1 aliphatic carbocycles. The molecule has 1 aromatic rings. The number of aliphatic hydroxyl groups is 1. The molecule has 0 aromatic carbocycles. The maximum Gasteiger partial charge on any atom is 0.258 e. The molecule has 2 aliphatic rings. The number of hydrogen-bond donors (Lipinski definition) is 1. The van der Waals surface area contributed by atoms with Gasteiger partial charge in [-0.25, -0.2) is 13.8 Å². The second-order valence-electron chi connectivity index (χ2n) is 5.17. The minimum Gasteiger partial charge on any atom is -0.392 e. The Morgan fingerprint density at radius 2 is 2.16 bits per heavy atom. The minimum atomic E-state index is -2.54. The van der Waals surface area contributed by atoms with E-state index in [2.05, 4.69) is 11.1 Å². The number of rotatable bonds is 2. The van der Waals surface area contributed by atoms with E-state index in [1.54, 1.807) is 11.8 Å². The zero-order valence-electron chi connectivity index (χ0n) is 10.4. The molecule has 0 amide bonds. The van der Waals surface area contributed by atoms with Crippen LogP contribution in [-0.2, 0) is 6.61 Å². The summed E-state index contributed by atoms with van der Waals surface area (Å²) in [6.07, 6.45) is 1.51. The summed E-state index contributed by atoms with van der Waals surface area (Å²) < 4.78 is 26.3. The summed E-state index contributed by atoms with van der Waals surface area (Å²) in [7, 11) is 0. The first kappa shape index (κ1) is 12.3. The van der Waals surface area contributed by atoms with Gasteiger partial charge in [0.1, 0.15) is 11.9 Å². The molecule has 3 rings (SSSR count). The Balaban J connectivity index is 1.91.